The summed E-state index contributed by atoms with van der Waals surface area (Å²) in [6.45, 7) is 5.73. The van der Waals surface area contributed by atoms with Gasteiger partial charge in [-0.1, -0.05) is 29.8 Å². The SMILES string of the molecule is CNC(=O)NC(=O)C(C)N[C@@H](C)c1ccc(C)cc1. The highest BCUT2D eigenvalue weighted by Gasteiger charge is 2.17. The van der Waals surface area contributed by atoms with Crippen LogP contribution in [0.2, 0.25) is 0 Å². The molecule has 5 heteroatoms. The Morgan fingerprint density at radius 2 is 1.68 bits per heavy atom. The zero-order valence-electron chi connectivity index (χ0n) is 11.8. The molecule has 1 rings (SSSR count). The van der Waals surface area contributed by atoms with E-state index in [0.29, 0.717) is 0 Å². The van der Waals surface area contributed by atoms with Crippen molar-refractivity contribution in [2.75, 3.05) is 7.05 Å². The number of aryl methyl sites for hydroxylation is 1. The molecular weight excluding hydrogens is 242 g/mol. The summed E-state index contributed by atoms with van der Waals surface area (Å²) in [7, 11) is 1.47. The molecule has 5 nitrogen and oxygen atoms in total. The van der Waals surface area contributed by atoms with Crippen LogP contribution in [-0.2, 0) is 4.79 Å². The maximum absolute atomic E-state index is 11.7. The van der Waals surface area contributed by atoms with Gasteiger partial charge in [0, 0.05) is 13.1 Å². The van der Waals surface area contributed by atoms with E-state index in [-0.39, 0.29) is 11.9 Å². The van der Waals surface area contributed by atoms with Crippen LogP contribution < -0.4 is 16.0 Å². The molecule has 3 amide bonds. The smallest absolute Gasteiger partial charge is 0.321 e. The van der Waals surface area contributed by atoms with Crippen LogP contribution in [-0.4, -0.2) is 25.0 Å². The van der Waals surface area contributed by atoms with Crippen LogP contribution in [0.4, 0.5) is 4.79 Å². The summed E-state index contributed by atoms with van der Waals surface area (Å²) in [6.07, 6.45) is 0. The highest BCUT2D eigenvalue weighted by molar-refractivity contribution is 5.96. The molecule has 0 spiro atoms. The average Bonchev–Trinajstić information content (AvgIpc) is 2.38. The Morgan fingerprint density at radius 1 is 1.11 bits per heavy atom. The lowest BCUT2D eigenvalue weighted by molar-refractivity contribution is -0.121. The quantitative estimate of drug-likeness (QED) is 0.771. The topological polar surface area (TPSA) is 70.2 Å². The van der Waals surface area contributed by atoms with Gasteiger partial charge in [-0.2, -0.15) is 0 Å². The molecule has 0 saturated carbocycles. The monoisotopic (exact) mass is 263 g/mol. The van der Waals surface area contributed by atoms with Crippen LogP contribution in [0.1, 0.15) is 31.0 Å². The second-order valence-corrected chi connectivity index (χ2v) is 4.59. The van der Waals surface area contributed by atoms with E-state index in [1.54, 1.807) is 6.92 Å². The predicted octanol–water partition coefficient (Wildman–Crippen LogP) is 1.49. The molecule has 1 aromatic rings. The van der Waals surface area contributed by atoms with Gasteiger partial charge in [-0.05, 0) is 26.3 Å². The number of carbonyl (C=O) groups excluding carboxylic acids is 2. The summed E-state index contributed by atoms with van der Waals surface area (Å²) in [4.78, 5) is 22.7. The van der Waals surface area contributed by atoms with Crippen molar-refractivity contribution in [1.82, 2.24) is 16.0 Å². The number of benzene rings is 1. The fourth-order valence-electron chi connectivity index (χ4n) is 1.68. The summed E-state index contributed by atoms with van der Waals surface area (Å²) in [5.41, 5.74) is 2.30. The highest BCUT2D eigenvalue weighted by atomic mass is 16.2. The summed E-state index contributed by atoms with van der Waals surface area (Å²) in [6, 6.07) is 7.19. The Balaban J connectivity index is 2.56. The minimum Gasteiger partial charge on any atom is -0.341 e. The zero-order valence-corrected chi connectivity index (χ0v) is 11.8. The van der Waals surface area contributed by atoms with Gasteiger partial charge in [0.15, 0.2) is 0 Å². The summed E-state index contributed by atoms with van der Waals surface area (Å²) in [5.74, 6) is -0.349. The molecule has 3 N–H and O–H groups in total. The van der Waals surface area contributed by atoms with Gasteiger partial charge >= 0.3 is 6.03 Å². The van der Waals surface area contributed by atoms with Crippen LogP contribution in [0.15, 0.2) is 24.3 Å². The molecule has 0 aliphatic heterocycles. The van der Waals surface area contributed by atoms with Crippen molar-refractivity contribution in [3.63, 3.8) is 0 Å². The number of rotatable bonds is 4. The minimum absolute atomic E-state index is 0.0334. The van der Waals surface area contributed by atoms with E-state index in [9.17, 15) is 9.59 Å². The zero-order chi connectivity index (χ0) is 14.4. The summed E-state index contributed by atoms with van der Waals surface area (Å²) >= 11 is 0. The van der Waals surface area contributed by atoms with E-state index in [0.717, 1.165) is 5.56 Å². The summed E-state index contributed by atoms with van der Waals surface area (Å²) < 4.78 is 0. The molecule has 0 fully saturated rings. The predicted molar refractivity (Wildman–Crippen MR) is 74.8 cm³/mol. The average molecular weight is 263 g/mol. The lowest BCUT2D eigenvalue weighted by atomic mass is 10.1. The fourth-order valence-corrected chi connectivity index (χ4v) is 1.68. The van der Waals surface area contributed by atoms with Gasteiger partial charge in [0.2, 0.25) is 5.91 Å². The van der Waals surface area contributed by atoms with Gasteiger partial charge < -0.3 is 5.32 Å². The lowest BCUT2D eigenvalue weighted by Crippen LogP contribution is -2.47. The molecule has 0 aliphatic carbocycles. The van der Waals surface area contributed by atoms with Crippen molar-refractivity contribution in [3.8, 4) is 0 Å². The molecule has 0 aromatic heterocycles. The highest BCUT2D eigenvalue weighted by Crippen LogP contribution is 2.13. The largest absolute Gasteiger partial charge is 0.341 e. The van der Waals surface area contributed by atoms with E-state index >= 15 is 0 Å². The standard InChI is InChI=1S/C14H21N3O2/c1-9-5-7-12(8-6-9)10(2)16-11(3)13(18)17-14(19)15-4/h5-8,10-11,16H,1-4H3,(H2,15,17,18,19)/t10-,11?/m0/s1. The molecule has 0 saturated heterocycles. The normalized spacial score (nSPS) is 13.5. The van der Waals surface area contributed by atoms with Crippen molar-refractivity contribution in [2.24, 2.45) is 0 Å². The molecule has 104 valence electrons. The molecule has 2 atom stereocenters. The number of hydrogen-bond donors (Lipinski definition) is 3. The number of carbonyl (C=O) groups is 2. The van der Waals surface area contributed by atoms with Gasteiger partial charge in [0.1, 0.15) is 0 Å². The van der Waals surface area contributed by atoms with Crippen LogP contribution in [0.3, 0.4) is 0 Å². The van der Waals surface area contributed by atoms with Gasteiger partial charge in [-0.15, -0.1) is 0 Å². The van der Waals surface area contributed by atoms with Crippen LogP contribution in [0.5, 0.6) is 0 Å². The van der Waals surface area contributed by atoms with Gasteiger partial charge in [-0.25, -0.2) is 4.79 Å². The first kappa shape index (κ1) is 15.2. The molecule has 0 heterocycles. The van der Waals surface area contributed by atoms with E-state index in [1.807, 2.05) is 38.1 Å². The van der Waals surface area contributed by atoms with Gasteiger partial charge in [0.05, 0.1) is 6.04 Å². The van der Waals surface area contributed by atoms with E-state index < -0.39 is 12.1 Å². The van der Waals surface area contributed by atoms with E-state index in [4.69, 9.17) is 0 Å². The van der Waals surface area contributed by atoms with Crippen LogP contribution >= 0.6 is 0 Å². The number of nitrogens with one attached hydrogen (secondary N) is 3. The maximum atomic E-state index is 11.7. The first-order valence-electron chi connectivity index (χ1n) is 6.29. The molecule has 1 unspecified atom stereocenters. The molecule has 0 bridgehead atoms. The molecule has 1 aromatic carbocycles. The third-order valence-corrected chi connectivity index (χ3v) is 2.93. The molecule has 19 heavy (non-hydrogen) atoms. The Kier molecular flexibility index (Phi) is 5.51. The maximum Gasteiger partial charge on any atom is 0.321 e. The lowest BCUT2D eigenvalue weighted by Gasteiger charge is -2.19. The molecule has 0 radical (unpaired) electrons. The Labute approximate surface area is 113 Å². The first-order chi connectivity index (χ1) is 8.93. The third-order valence-electron chi connectivity index (χ3n) is 2.93. The molecule has 0 aliphatic rings. The Bertz CT molecular complexity index is 443. The Morgan fingerprint density at radius 3 is 2.21 bits per heavy atom. The van der Waals surface area contributed by atoms with E-state index in [2.05, 4.69) is 16.0 Å². The van der Waals surface area contributed by atoms with Crippen molar-refractivity contribution in [3.05, 3.63) is 35.4 Å². The van der Waals surface area contributed by atoms with Gasteiger partial charge in [0.25, 0.3) is 0 Å². The van der Waals surface area contributed by atoms with Crippen LogP contribution in [0, 0.1) is 6.92 Å². The second-order valence-electron chi connectivity index (χ2n) is 4.59. The van der Waals surface area contributed by atoms with Crippen LogP contribution in [0.25, 0.3) is 0 Å². The fraction of sp³-hybridized carbons (Fsp3) is 0.429. The Hall–Kier alpha value is -1.88. The minimum atomic E-state index is -0.498. The van der Waals surface area contributed by atoms with Crippen molar-refractivity contribution >= 4 is 11.9 Å². The number of imide groups is 1. The van der Waals surface area contributed by atoms with Crippen molar-refractivity contribution < 1.29 is 9.59 Å². The van der Waals surface area contributed by atoms with Gasteiger partial charge in [-0.3, -0.25) is 15.4 Å². The molecular formula is C14H21N3O2. The van der Waals surface area contributed by atoms with E-state index in [1.165, 1.54) is 12.6 Å². The van der Waals surface area contributed by atoms with Crippen molar-refractivity contribution in [2.45, 2.75) is 32.9 Å². The number of amides is 3. The number of urea groups is 1. The number of hydrogen-bond acceptors (Lipinski definition) is 3. The third kappa shape index (κ3) is 4.71. The second kappa shape index (κ2) is 6.89. The summed E-state index contributed by atoms with van der Waals surface area (Å²) in [5, 5.41) is 7.74. The first-order valence-corrected chi connectivity index (χ1v) is 6.29. The van der Waals surface area contributed by atoms with Crippen molar-refractivity contribution in [1.29, 1.82) is 0 Å².